The predicted molar refractivity (Wildman–Crippen MR) is 91.9 cm³/mol. The molecule has 1 heterocycles. The van der Waals surface area contributed by atoms with Gasteiger partial charge in [0, 0.05) is 17.7 Å². The first-order valence-corrected chi connectivity index (χ1v) is 8.62. The highest BCUT2D eigenvalue weighted by molar-refractivity contribution is 7.18. The van der Waals surface area contributed by atoms with Crippen molar-refractivity contribution in [3.63, 3.8) is 0 Å². The van der Waals surface area contributed by atoms with Gasteiger partial charge in [-0.2, -0.15) is 0 Å². The van der Waals surface area contributed by atoms with Crippen LogP contribution < -0.4 is 4.74 Å². The van der Waals surface area contributed by atoms with E-state index in [9.17, 15) is 4.39 Å². The molecule has 0 aliphatic heterocycles. The third kappa shape index (κ3) is 3.07. The van der Waals surface area contributed by atoms with Gasteiger partial charge in [0.25, 0.3) is 0 Å². The maximum Gasteiger partial charge on any atom is 0.138 e. The average Bonchev–Trinajstić information content (AvgIpc) is 2.93. The van der Waals surface area contributed by atoms with E-state index in [-0.39, 0.29) is 11.9 Å². The van der Waals surface area contributed by atoms with Gasteiger partial charge in [0.05, 0.1) is 15.1 Å². The molecule has 0 fully saturated rings. The Morgan fingerprint density at radius 1 is 1.14 bits per heavy atom. The first-order valence-electron chi connectivity index (χ1n) is 6.83. The van der Waals surface area contributed by atoms with Gasteiger partial charge in [-0.1, -0.05) is 41.9 Å². The van der Waals surface area contributed by atoms with Crippen LogP contribution in [0.3, 0.4) is 0 Å². The van der Waals surface area contributed by atoms with E-state index in [1.54, 1.807) is 11.4 Å². The molecule has 3 aromatic rings. The van der Waals surface area contributed by atoms with Crippen molar-refractivity contribution in [2.45, 2.75) is 12.5 Å². The van der Waals surface area contributed by atoms with E-state index < -0.39 is 0 Å². The molecule has 2 aromatic carbocycles. The van der Waals surface area contributed by atoms with Gasteiger partial charge in [0.15, 0.2) is 0 Å². The molecule has 1 nitrogen and oxygen atoms in total. The highest BCUT2D eigenvalue weighted by atomic mass is 35.5. The van der Waals surface area contributed by atoms with Crippen LogP contribution in [-0.4, -0.2) is 5.88 Å². The maximum atomic E-state index is 13.9. The molecular weight excluding hydrogens is 342 g/mol. The van der Waals surface area contributed by atoms with Crippen LogP contribution in [0.2, 0.25) is 5.02 Å². The smallest absolute Gasteiger partial charge is 0.138 e. The number of hydrogen-bond acceptors (Lipinski definition) is 2. The summed E-state index contributed by atoms with van der Waals surface area (Å²) >= 11 is 13.3. The Hall–Kier alpha value is -1.29. The van der Waals surface area contributed by atoms with E-state index in [0.717, 1.165) is 10.3 Å². The lowest BCUT2D eigenvalue weighted by molar-refractivity contribution is 0.205. The number of rotatable bonds is 5. The van der Waals surface area contributed by atoms with Gasteiger partial charge in [-0.3, -0.25) is 0 Å². The largest absolute Gasteiger partial charge is 0.484 e. The van der Waals surface area contributed by atoms with Crippen molar-refractivity contribution in [3.05, 3.63) is 64.2 Å². The Morgan fingerprint density at radius 3 is 2.64 bits per heavy atom. The van der Waals surface area contributed by atoms with Gasteiger partial charge >= 0.3 is 0 Å². The average molecular weight is 355 g/mol. The summed E-state index contributed by atoms with van der Waals surface area (Å²) in [5.74, 6) is 0.782. The second-order valence-corrected chi connectivity index (χ2v) is 6.49. The van der Waals surface area contributed by atoms with Gasteiger partial charge in [0.1, 0.15) is 17.7 Å². The molecule has 1 atom stereocenters. The molecule has 0 saturated carbocycles. The molecule has 0 aliphatic rings. The van der Waals surface area contributed by atoms with Crippen LogP contribution in [0, 0.1) is 5.82 Å². The maximum absolute atomic E-state index is 13.9. The first-order chi connectivity index (χ1) is 10.7. The molecule has 22 heavy (non-hydrogen) atoms. The molecule has 1 aromatic heterocycles. The zero-order valence-electron chi connectivity index (χ0n) is 11.6. The normalized spacial score (nSPS) is 12.5. The lowest BCUT2D eigenvalue weighted by atomic mass is 10.1. The fourth-order valence-electron chi connectivity index (χ4n) is 2.36. The number of halogens is 3. The fourth-order valence-corrected chi connectivity index (χ4v) is 3.82. The topological polar surface area (TPSA) is 9.23 Å². The van der Waals surface area contributed by atoms with Crippen LogP contribution in [0.15, 0.2) is 47.8 Å². The van der Waals surface area contributed by atoms with Crippen molar-refractivity contribution in [2.75, 3.05) is 5.88 Å². The molecule has 0 amide bonds. The van der Waals surface area contributed by atoms with Crippen LogP contribution in [0.5, 0.6) is 5.75 Å². The van der Waals surface area contributed by atoms with E-state index in [1.165, 1.54) is 17.4 Å². The van der Waals surface area contributed by atoms with Gasteiger partial charge in [0.2, 0.25) is 0 Å². The van der Waals surface area contributed by atoms with Crippen LogP contribution in [-0.2, 0) is 0 Å². The minimum atomic E-state index is -0.331. The lowest BCUT2D eigenvalue weighted by Crippen LogP contribution is -2.08. The molecule has 0 radical (unpaired) electrons. The van der Waals surface area contributed by atoms with E-state index in [4.69, 9.17) is 27.9 Å². The quantitative estimate of drug-likeness (QED) is 0.478. The van der Waals surface area contributed by atoms with Crippen molar-refractivity contribution < 1.29 is 9.13 Å². The number of ether oxygens (including phenoxy) is 1. The Bertz CT molecular complexity index is 773. The van der Waals surface area contributed by atoms with Gasteiger partial charge in [-0.25, -0.2) is 4.39 Å². The molecular formula is C17H13Cl2FOS. The second kappa shape index (κ2) is 6.86. The molecule has 114 valence electrons. The molecule has 3 rings (SSSR count). The predicted octanol–water partition coefficient (Wildman–Crippen LogP) is 6.44. The zero-order valence-corrected chi connectivity index (χ0v) is 13.9. The summed E-state index contributed by atoms with van der Waals surface area (Å²) in [5.41, 5.74) is 1.04. The summed E-state index contributed by atoms with van der Waals surface area (Å²) in [5, 5.41) is 2.56. The Morgan fingerprint density at radius 2 is 1.91 bits per heavy atom. The minimum Gasteiger partial charge on any atom is -0.484 e. The molecule has 1 unspecified atom stereocenters. The van der Waals surface area contributed by atoms with E-state index in [2.05, 4.69) is 0 Å². The Kier molecular flexibility index (Phi) is 4.87. The number of benzene rings is 2. The highest BCUT2D eigenvalue weighted by Gasteiger charge is 2.17. The van der Waals surface area contributed by atoms with Crippen molar-refractivity contribution in [1.29, 1.82) is 0 Å². The van der Waals surface area contributed by atoms with Crippen molar-refractivity contribution >= 4 is 44.6 Å². The van der Waals surface area contributed by atoms with E-state index in [1.807, 2.05) is 30.3 Å². The molecule has 5 heteroatoms. The van der Waals surface area contributed by atoms with Gasteiger partial charge < -0.3 is 4.74 Å². The van der Waals surface area contributed by atoms with Gasteiger partial charge in [-0.05, 0) is 17.7 Å². The number of hydrogen-bond donors (Lipinski definition) is 0. The van der Waals surface area contributed by atoms with Gasteiger partial charge in [-0.15, -0.1) is 22.9 Å². The van der Waals surface area contributed by atoms with Crippen LogP contribution in [0.4, 0.5) is 4.39 Å². The van der Waals surface area contributed by atoms with Crippen molar-refractivity contribution in [1.82, 2.24) is 0 Å². The third-order valence-corrected chi connectivity index (χ3v) is 5.04. The van der Waals surface area contributed by atoms with Crippen molar-refractivity contribution in [3.8, 4) is 5.75 Å². The standard InChI is InChI=1S/C17H13Cl2FOS/c18-9-8-14(11-4-2-1-3-5-11)21-15-7-6-13(20)16-12(19)10-22-17(15)16/h1-7,10,14H,8-9H2. The molecule has 0 N–H and O–H groups in total. The highest BCUT2D eigenvalue weighted by Crippen LogP contribution is 2.40. The Labute approximate surface area is 142 Å². The van der Waals surface area contributed by atoms with E-state index in [0.29, 0.717) is 28.5 Å². The molecule has 0 aliphatic carbocycles. The number of thiophene rings is 1. The zero-order chi connectivity index (χ0) is 15.5. The van der Waals surface area contributed by atoms with Crippen LogP contribution >= 0.6 is 34.5 Å². The third-order valence-electron chi connectivity index (χ3n) is 3.40. The van der Waals surface area contributed by atoms with Crippen LogP contribution in [0.25, 0.3) is 10.1 Å². The van der Waals surface area contributed by atoms with E-state index >= 15 is 0 Å². The summed E-state index contributed by atoms with van der Waals surface area (Å²) in [6, 6.07) is 12.9. The monoisotopic (exact) mass is 354 g/mol. The lowest BCUT2D eigenvalue weighted by Gasteiger charge is -2.19. The SMILES string of the molecule is Fc1ccc(OC(CCCl)c2ccccc2)c2scc(Cl)c12. The summed E-state index contributed by atoms with van der Waals surface area (Å²) in [7, 11) is 0. The summed E-state index contributed by atoms with van der Waals surface area (Å²) in [6.07, 6.45) is 0.497. The second-order valence-electron chi connectivity index (χ2n) is 4.83. The Balaban J connectivity index is 1.98. The van der Waals surface area contributed by atoms with Crippen molar-refractivity contribution in [2.24, 2.45) is 0 Å². The minimum absolute atomic E-state index is 0.173. The summed E-state index contributed by atoms with van der Waals surface area (Å²) in [6.45, 7) is 0. The number of alkyl halides is 1. The number of fused-ring (bicyclic) bond motifs is 1. The first kappa shape index (κ1) is 15.6. The summed E-state index contributed by atoms with van der Waals surface area (Å²) in [4.78, 5) is 0. The molecule has 0 saturated heterocycles. The molecule has 0 bridgehead atoms. The summed E-state index contributed by atoms with van der Waals surface area (Å²) < 4.78 is 20.8. The van der Waals surface area contributed by atoms with Crippen LogP contribution in [0.1, 0.15) is 18.1 Å². The fraction of sp³-hybridized carbons (Fsp3) is 0.176. The molecule has 0 spiro atoms.